The summed E-state index contributed by atoms with van der Waals surface area (Å²) in [6, 6.07) is 22.2. The van der Waals surface area contributed by atoms with Gasteiger partial charge in [-0.25, -0.2) is 4.98 Å². The number of rotatable bonds is 3. The summed E-state index contributed by atoms with van der Waals surface area (Å²) in [7, 11) is 0. The van der Waals surface area contributed by atoms with Crippen LogP contribution in [0.3, 0.4) is 0 Å². The van der Waals surface area contributed by atoms with Crippen molar-refractivity contribution in [2.75, 3.05) is 0 Å². The largest absolute Gasteiger partial charge is 0.455 e. The van der Waals surface area contributed by atoms with Crippen LogP contribution in [0.4, 0.5) is 0 Å². The highest BCUT2D eigenvalue weighted by Gasteiger charge is 2.20. The fourth-order valence-corrected chi connectivity index (χ4v) is 4.15. The van der Waals surface area contributed by atoms with E-state index >= 15 is 0 Å². The molecule has 150 valence electrons. The average molecular weight is 405 g/mol. The van der Waals surface area contributed by atoms with Crippen molar-refractivity contribution in [3.8, 4) is 17.1 Å². The van der Waals surface area contributed by atoms with E-state index in [9.17, 15) is 0 Å². The predicted molar refractivity (Wildman–Crippen MR) is 123 cm³/mol. The van der Waals surface area contributed by atoms with E-state index in [0.717, 1.165) is 55.6 Å². The number of benzene rings is 3. The summed E-state index contributed by atoms with van der Waals surface area (Å²) >= 11 is 0. The van der Waals surface area contributed by atoms with Gasteiger partial charge in [0.05, 0.1) is 23.5 Å². The maximum atomic E-state index is 8.38. The average Bonchev–Trinajstić information content (AvgIpc) is 3.37. The minimum Gasteiger partial charge on any atom is -0.455 e. The van der Waals surface area contributed by atoms with Crippen LogP contribution in [0, 0.1) is 0 Å². The Balaban J connectivity index is 1.67. The minimum atomic E-state index is -0.697. The first kappa shape index (κ1) is 16.8. The molecule has 5 nitrogen and oxygen atoms in total. The number of fused-ring (bicyclic) bond motifs is 4. The Kier molecular flexibility index (Phi) is 3.66. The van der Waals surface area contributed by atoms with E-state index in [4.69, 9.17) is 10.8 Å². The van der Waals surface area contributed by atoms with Crippen molar-refractivity contribution in [2.45, 2.75) is 19.7 Å². The molecule has 3 heterocycles. The summed E-state index contributed by atoms with van der Waals surface area (Å²) < 4.78 is 16.9. The van der Waals surface area contributed by atoms with Crippen LogP contribution in [-0.2, 0) is 0 Å². The summed E-state index contributed by atoms with van der Waals surface area (Å²) in [5.74, 6) is 0.0730. The lowest BCUT2D eigenvalue weighted by Crippen LogP contribution is -1.97. The van der Waals surface area contributed by atoms with Gasteiger partial charge in [0.2, 0.25) is 0 Å². The topological polar surface area (TPSA) is 56.7 Å². The summed E-state index contributed by atoms with van der Waals surface area (Å²) in [5.41, 5.74) is 6.00. The molecule has 0 aliphatic carbocycles. The zero-order chi connectivity index (χ0) is 21.9. The number of aromatic nitrogens is 4. The number of nitrogens with zero attached hydrogens (tertiary/aromatic N) is 4. The predicted octanol–water partition coefficient (Wildman–Crippen LogP) is 6.51. The van der Waals surface area contributed by atoms with Crippen molar-refractivity contribution >= 4 is 33.0 Å². The molecule has 3 aromatic heterocycles. The van der Waals surface area contributed by atoms with Gasteiger partial charge in [-0.3, -0.25) is 4.57 Å². The Labute approximate surface area is 180 Å². The number of para-hydroxylation sites is 2. The van der Waals surface area contributed by atoms with Gasteiger partial charge in [0.15, 0.2) is 0 Å². The van der Waals surface area contributed by atoms with Gasteiger partial charge in [-0.2, -0.15) is 10.2 Å². The second kappa shape index (κ2) is 6.77. The van der Waals surface area contributed by atoms with Crippen molar-refractivity contribution in [1.82, 2.24) is 19.7 Å². The van der Waals surface area contributed by atoms with Gasteiger partial charge >= 0.3 is 0 Å². The molecule has 0 saturated carbocycles. The van der Waals surface area contributed by atoms with Crippen LogP contribution in [-0.4, -0.2) is 19.7 Å². The van der Waals surface area contributed by atoms with Gasteiger partial charge in [0.25, 0.3) is 0 Å². The molecule has 0 fully saturated rings. The highest BCUT2D eigenvalue weighted by atomic mass is 16.3. The quantitative estimate of drug-likeness (QED) is 0.337. The standard InChI is InChI=1S/C26H20N4O/c1-16(2)17-11-12-19-20-9-6-10-21(25(20)31-24(19)13-17)26-29-22-14-27-28-15-23(22)30(26)18-7-4-3-5-8-18/h3-16H,1-2H3/i16D. The molecular weight excluding hydrogens is 384 g/mol. The van der Waals surface area contributed by atoms with Crippen LogP contribution in [0.25, 0.3) is 50.0 Å². The Morgan fingerprint density at radius 3 is 2.58 bits per heavy atom. The molecule has 6 aromatic rings. The molecule has 0 spiro atoms. The molecule has 0 aliphatic heterocycles. The van der Waals surface area contributed by atoms with E-state index in [1.54, 1.807) is 12.4 Å². The second-order valence-electron chi connectivity index (χ2n) is 7.86. The Morgan fingerprint density at radius 1 is 0.903 bits per heavy atom. The first-order valence-corrected chi connectivity index (χ1v) is 10.2. The van der Waals surface area contributed by atoms with E-state index in [2.05, 4.69) is 20.8 Å². The molecule has 0 bridgehead atoms. The van der Waals surface area contributed by atoms with E-state index in [1.807, 2.05) is 74.5 Å². The molecular formula is C26H20N4O. The van der Waals surface area contributed by atoms with Crippen molar-refractivity contribution in [3.63, 3.8) is 0 Å². The van der Waals surface area contributed by atoms with Gasteiger partial charge in [-0.15, -0.1) is 0 Å². The van der Waals surface area contributed by atoms with Gasteiger partial charge in [0.1, 0.15) is 22.5 Å². The molecule has 0 amide bonds. The van der Waals surface area contributed by atoms with Gasteiger partial charge in [-0.1, -0.05) is 56.3 Å². The lowest BCUT2D eigenvalue weighted by atomic mass is 10.0. The number of hydrogen-bond donors (Lipinski definition) is 0. The molecule has 0 aliphatic rings. The SMILES string of the molecule is [2H]C(C)(C)c1ccc2c(c1)oc1c(-c3nc4cnncc4n3-c3ccccc3)cccc12. The lowest BCUT2D eigenvalue weighted by Gasteiger charge is -2.09. The van der Waals surface area contributed by atoms with E-state index in [-0.39, 0.29) is 0 Å². The molecule has 31 heavy (non-hydrogen) atoms. The molecule has 0 unspecified atom stereocenters. The van der Waals surface area contributed by atoms with Crippen molar-refractivity contribution < 1.29 is 5.79 Å². The van der Waals surface area contributed by atoms with Crippen LogP contribution in [0.15, 0.2) is 83.5 Å². The number of imidazole rings is 1. The first-order valence-electron chi connectivity index (χ1n) is 10.7. The summed E-state index contributed by atoms with van der Waals surface area (Å²) in [5, 5.41) is 10.2. The Bertz CT molecular complexity index is 1610. The third kappa shape index (κ3) is 2.74. The monoisotopic (exact) mass is 405 g/mol. The summed E-state index contributed by atoms with van der Waals surface area (Å²) in [4.78, 5) is 4.91. The van der Waals surface area contributed by atoms with Crippen molar-refractivity contribution in [2.24, 2.45) is 0 Å². The zero-order valence-electron chi connectivity index (χ0n) is 18.2. The Hall–Kier alpha value is -3.99. The number of furan rings is 1. The van der Waals surface area contributed by atoms with Gasteiger partial charge in [0, 0.05) is 17.8 Å². The van der Waals surface area contributed by atoms with Crippen molar-refractivity contribution in [1.29, 1.82) is 0 Å². The minimum absolute atomic E-state index is 0.697. The fourth-order valence-electron chi connectivity index (χ4n) is 4.15. The molecule has 3 aromatic carbocycles. The maximum absolute atomic E-state index is 8.38. The van der Waals surface area contributed by atoms with E-state index in [0.29, 0.717) is 0 Å². The summed E-state index contributed by atoms with van der Waals surface area (Å²) in [6.45, 7) is 3.76. The first-order chi connectivity index (χ1) is 15.5. The third-order valence-corrected chi connectivity index (χ3v) is 5.70. The third-order valence-electron chi connectivity index (χ3n) is 5.70. The second-order valence-corrected chi connectivity index (χ2v) is 7.86. The fraction of sp³-hybridized carbons (Fsp3) is 0.115. The van der Waals surface area contributed by atoms with Crippen LogP contribution in [0.5, 0.6) is 0 Å². The maximum Gasteiger partial charge on any atom is 0.149 e. The van der Waals surface area contributed by atoms with Crippen LogP contribution < -0.4 is 0 Å². The van der Waals surface area contributed by atoms with E-state index < -0.39 is 5.89 Å². The molecule has 6 rings (SSSR count). The zero-order valence-corrected chi connectivity index (χ0v) is 17.2. The molecule has 0 atom stereocenters. The van der Waals surface area contributed by atoms with Gasteiger partial charge < -0.3 is 4.42 Å². The van der Waals surface area contributed by atoms with Crippen LogP contribution >= 0.6 is 0 Å². The molecule has 0 N–H and O–H groups in total. The normalized spacial score (nSPS) is 12.6. The highest BCUT2D eigenvalue weighted by Crippen LogP contribution is 2.38. The van der Waals surface area contributed by atoms with Crippen molar-refractivity contribution in [3.05, 3.63) is 84.7 Å². The van der Waals surface area contributed by atoms with Gasteiger partial charge in [-0.05, 0) is 35.7 Å². The highest BCUT2D eigenvalue weighted by molar-refractivity contribution is 6.09. The molecule has 5 heteroatoms. The summed E-state index contributed by atoms with van der Waals surface area (Å²) in [6.07, 6.45) is 3.42. The Morgan fingerprint density at radius 2 is 1.74 bits per heavy atom. The molecule has 0 radical (unpaired) electrons. The molecule has 0 saturated heterocycles. The lowest BCUT2D eigenvalue weighted by molar-refractivity contribution is 0.667. The van der Waals surface area contributed by atoms with Crippen LogP contribution in [0.1, 0.15) is 26.7 Å². The smallest absolute Gasteiger partial charge is 0.149 e. The van der Waals surface area contributed by atoms with Crippen LogP contribution in [0.2, 0.25) is 0 Å². The number of hydrogen-bond acceptors (Lipinski definition) is 4. The van der Waals surface area contributed by atoms with E-state index in [1.165, 1.54) is 0 Å².